The standard InChI is InChI=1S/C15H26N2O3/c1-15(20)7-10-17(11-8-15)13(18)6-9-16-14(19)12-4-2-3-5-12/h12,20H,2-11H2,1H3,(H,16,19). The van der Waals surface area contributed by atoms with Crippen LogP contribution in [0.1, 0.15) is 51.9 Å². The highest BCUT2D eigenvalue weighted by Gasteiger charge is 2.29. The van der Waals surface area contributed by atoms with Crippen molar-refractivity contribution >= 4 is 11.8 Å². The molecule has 2 fully saturated rings. The average Bonchev–Trinajstić information content (AvgIpc) is 2.92. The van der Waals surface area contributed by atoms with Crippen LogP contribution in [0, 0.1) is 5.92 Å². The van der Waals surface area contributed by atoms with Crippen LogP contribution in [0.4, 0.5) is 0 Å². The van der Waals surface area contributed by atoms with E-state index in [1.54, 1.807) is 4.90 Å². The Morgan fingerprint density at radius 3 is 2.45 bits per heavy atom. The molecule has 2 amide bonds. The molecule has 0 unspecified atom stereocenters. The monoisotopic (exact) mass is 282 g/mol. The number of likely N-dealkylation sites (tertiary alicyclic amines) is 1. The third kappa shape index (κ3) is 4.20. The van der Waals surface area contributed by atoms with Crippen LogP contribution < -0.4 is 5.32 Å². The molecule has 114 valence electrons. The molecule has 20 heavy (non-hydrogen) atoms. The topological polar surface area (TPSA) is 69.6 Å². The summed E-state index contributed by atoms with van der Waals surface area (Å²) < 4.78 is 0. The minimum absolute atomic E-state index is 0.0761. The summed E-state index contributed by atoms with van der Waals surface area (Å²) in [7, 11) is 0. The van der Waals surface area contributed by atoms with Crippen LogP contribution in [0.25, 0.3) is 0 Å². The van der Waals surface area contributed by atoms with Crippen molar-refractivity contribution < 1.29 is 14.7 Å². The van der Waals surface area contributed by atoms with E-state index in [4.69, 9.17) is 0 Å². The van der Waals surface area contributed by atoms with Crippen LogP contribution >= 0.6 is 0 Å². The summed E-state index contributed by atoms with van der Waals surface area (Å²) >= 11 is 0. The molecule has 0 aromatic rings. The van der Waals surface area contributed by atoms with Crippen molar-refractivity contribution in [3.8, 4) is 0 Å². The van der Waals surface area contributed by atoms with Crippen molar-refractivity contribution in [1.82, 2.24) is 10.2 Å². The lowest BCUT2D eigenvalue weighted by atomic mass is 9.94. The first-order valence-corrected chi connectivity index (χ1v) is 7.76. The van der Waals surface area contributed by atoms with E-state index in [1.807, 2.05) is 6.92 Å². The van der Waals surface area contributed by atoms with E-state index in [-0.39, 0.29) is 17.7 Å². The Hall–Kier alpha value is -1.10. The van der Waals surface area contributed by atoms with Crippen LogP contribution in [0.2, 0.25) is 0 Å². The Morgan fingerprint density at radius 1 is 1.25 bits per heavy atom. The molecule has 2 aliphatic rings. The number of hydrogen-bond acceptors (Lipinski definition) is 3. The minimum Gasteiger partial charge on any atom is -0.390 e. The minimum atomic E-state index is -0.631. The van der Waals surface area contributed by atoms with Crippen molar-refractivity contribution in [2.75, 3.05) is 19.6 Å². The summed E-state index contributed by atoms with van der Waals surface area (Å²) in [5, 5.41) is 12.7. The van der Waals surface area contributed by atoms with Gasteiger partial charge in [-0.3, -0.25) is 9.59 Å². The number of rotatable bonds is 4. The average molecular weight is 282 g/mol. The third-order valence-electron chi connectivity index (χ3n) is 4.56. The van der Waals surface area contributed by atoms with E-state index in [2.05, 4.69) is 5.32 Å². The van der Waals surface area contributed by atoms with E-state index in [1.165, 1.54) is 0 Å². The lowest BCUT2D eigenvalue weighted by molar-refractivity contribution is -0.134. The van der Waals surface area contributed by atoms with Crippen molar-refractivity contribution in [1.29, 1.82) is 0 Å². The second-order valence-electron chi connectivity index (χ2n) is 6.40. The maximum atomic E-state index is 12.0. The summed E-state index contributed by atoms with van der Waals surface area (Å²) in [4.78, 5) is 25.6. The van der Waals surface area contributed by atoms with Gasteiger partial charge in [0.1, 0.15) is 0 Å². The molecule has 0 aromatic heterocycles. The molecular weight excluding hydrogens is 256 g/mol. The molecule has 1 saturated carbocycles. The largest absolute Gasteiger partial charge is 0.390 e. The second kappa shape index (κ2) is 6.57. The number of aliphatic hydroxyl groups is 1. The Labute approximate surface area is 120 Å². The zero-order valence-corrected chi connectivity index (χ0v) is 12.4. The molecule has 5 heteroatoms. The fourth-order valence-electron chi connectivity index (χ4n) is 3.02. The van der Waals surface area contributed by atoms with Gasteiger partial charge in [-0.1, -0.05) is 12.8 Å². The van der Waals surface area contributed by atoms with Crippen molar-refractivity contribution in [3.63, 3.8) is 0 Å². The van der Waals surface area contributed by atoms with Gasteiger partial charge in [-0.2, -0.15) is 0 Å². The predicted octanol–water partition coefficient (Wildman–Crippen LogP) is 1.06. The van der Waals surface area contributed by atoms with Gasteiger partial charge in [-0.05, 0) is 32.6 Å². The highest BCUT2D eigenvalue weighted by atomic mass is 16.3. The maximum Gasteiger partial charge on any atom is 0.224 e. The molecule has 0 bridgehead atoms. The quantitative estimate of drug-likeness (QED) is 0.810. The number of nitrogens with one attached hydrogen (secondary N) is 1. The van der Waals surface area contributed by atoms with Crippen molar-refractivity contribution in [3.05, 3.63) is 0 Å². The Balaban J connectivity index is 1.64. The summed E-state index contributed by atoms with van der Waals surface area (Å²) in [6, 6.07) is 0. The lowest BCUT2D eigenvalue weighted by Crippen LogP contribution is -2.45. The van der Waals surface area contributed by atoms with Crippen molar-refractivity contribution in [2.45, 2.75) is 57.5 Å². The second-order valence-corrected chi connectivity index (χ2v) is 6.40. The van der Waals surface area contributed by atoms with Crippen molar-refractivity contribution in [2.24, 2.45) is 5.92 Å². The summed E-state index contributed by atoms with van der Waals surface area (Å²) in [6.45, 7) is 3.47. The molecule has 0 aromatic carbocycles. The van der Waals surface area contributed by atoms with E-state index in [0.717, 1.165) is 25.7 Å². The molecule has 1 aliphatic heterocycles. The molecule has 1 heterocycles. The number of nitrogens with zero attached hydrogens (tertiary/aromatic N) is 1. The fraction of sp³-hybridized carbons (Fsp3) is 0.867. The number of carbonyl (C=O) groups excluding carboxylic acids is 2. The van der Waals surface area contributed by atoms with Gasteiger partial charge in [0.2, 0.25) is 11.8 Å². The Morgan fingerprint density at radius 2 is 1.85 bits per heavy atom. The van der Waals surface area contributed by atoms with Crippen LogP contribution in [-0.2, 0) is 9.59 Å². The van der Waals surface area contributed by atoms with Gasteiger partial charge in [-0.15, -0.1) is 0 Å². The molecular formula is C15H26N2O3. The molecule has 1 saturated heterocycles. The molecule has 2 rings (SSSR count). The van der Waals surface area contributed by atoms with Crippen LogP contribution in [-0.4, -0.2) is 47.1 Å². The summed E-state index contributed by atoms with van der Waals surface area (Å²) in [6.07, 6.45) is 5.89. The first-order valence-electron chi connectivity index (χ1n) is 7.76. The zero-order valence-electron chi connectivity index (χ0n) is 12.4. The molecule has 5 nitrogen and oxygen atoms in total. The highest BCUT2D eigenvalue weighted by Crippen LogP contribution is 2.24. The number of piperidine rings is 1. The van der Waals surface area contributed by atoms with Crippen LogP contribution in [0.3, 0.4) is 0 Å². The summed E-state index contributed by atoms with van der Waals surface area (Å²) in [5.41, 5.74) is -0.631. The van der Waals surface area contributed by atoms with E-state index >= 15 is 0 Å². The van der Waals surface area contributed by atoms with E-state index in [9.17, 15) is 14.7 Å². The van der Waals surface area contributed by atoms with Gasteiger partial charge in [0.25, 0.3) is 0 Å². The number of carbonyl (C=O) groups is 2. The molecule has 2 N–H and O–H groups in total. The fourth-order valence-corrected chi connectivity index (χ4v) is 3.02. The Bertz CT molecular complexity index is 352. The predicted molar refractivity (Wildman–Crippen MR) is 76.0 cm³/mol. The van der Waals surface area contributed by atoms with Gasteiger partial charge < -0.3 is 15.3 Å². The van der Waals surface area contributed by atoms with Crippen LogP contribution in [0.5, 0.6) is 0 Å². The lowest BCUT2D eigenvalue weighted by Gasteiger charge is -2.35. The van der Waals surface area contributed by atoms with Gasteiger partial charge in [0, 0.05) is 32.0 Å². The smallest absolute Gasteiger partial charge is 0.224 e. The van der Waals surface area contributed by atoms with Gasteiger partial charge in [0.15, 0.2) is 0 Å². The van der Waals surface area contributed by atoms with Gasteiger partial charge in [0.05, 0.1) is 5.60 Å². The van der Waals surface area contributed by atoms with E-state index in [0.29, 0.717) is 38.9 Å². The molecule has 0 atom stereocenters. The SMILES string of the molecule is CC1(O)CCN(C(=O)CCNC(=O)C2CCCC2)CC1. The van der Waals surface area contributed by atoms with E-state index < -0.39 is 5.60 Å². The first-order chi connectivity index (χ1) is 9.48. The van der Waals surface area contributed by atoms with Gasteiger partial charge >= 0.3 is 0 Å². The van der Waals surface area contributed by atoms with Crippen LogP contribution in [0.15, 0.2) is 0 Å². The Kier molecular flexibility index (Phi) is 5.02. The molecule has 0 radical (unpaired) electrons. The molecule has 0 spiro atoms. The highest BCUT2D eigenvalue weighted by molar-refractivity contribution is 5.80. The zero-order chi connectivity index (χ0) is 14.6. The normalized spacial score (nSPS) is 22.8. The summed E-state index contributed by atoms with van der Waals surface area (Å²) in [5.74, 6) is 0.347. The third-order valence-corrected chi connectivity index (χ3v) is 4.56. The first kappa shape index (κ1) is 15.3. The van der Waals surface area contributed by atoms with Gasteiger partial charge in [-0.25, -0.2) is 0 Å². The molecule has 1 aliphatic carbocycles. The number of hydrogen-bond donors (Lipinski definition) is 2. The number of amides is 2. The maximum absolute atomic E-state index is 12.0.